The van der Waals surface area contributed by atoms with Gasteiger partial charge in [-0.3, -0.25) is 19.2 Å². The molecule has 0 unspecified atom stereocenters. The van der Waals surface area contributed by atoms with E-state index in [0.717, 1.165) is 24.0 Å². The van der Waals surface area contributed by atoms with Gasteiger partial charge in [0.1, 0.15) is 6.04 Å². The minimum absolute atomic E-state index is 0.0360. The Morgan fingerprint density at radius 2 is 1.65 bits per heavy atom. The molecule has 1 aliphatic rings. The lowest BCUT2D eigenvalue weighted by atomic mass is 9.99. The van der Waals surface area contributed by atoms with Gasteiger partial charge >= 0.3 is 0 Å². The van der Waals surface area contributed by atoms with Crippen molar-refractivity contribution in [3.63, 3.8) is 0 Å². The first-order valence-electron chi connectivity index (χ1n) is 14.0. The van der Waals surface area contributed by atoms with E-state index in [1.165, 1.54) is 0 Å². The number of benzene rings is 2. The van der Waals surface area contributed by atoms with Crippen LogP contribution in [-0.4, -0.2) is 77.6 Å². The minimum atomic E-state index is -0.524. The summed E-state index contributed by atoms with van der Waals surface area (Å²) in [6.07, 6.45) is 4.41. The molecule has 1 aliphatic heterocycles. The Bertz CT molecular complexity index is 1170. The Balaban J connectivity index is 1.78. The molecule has 4 amide bonds. The van der Waals surface area contributed by atoms with Crippen molar-refractivity contribution in [2.24, 2.45) is 5.92 Å². The number of carbonyl (C=O) groups is 4. The highest BCUT2D eigenvalue weighted by Gasteiger charge is 2.37. The predicted molar refractivity (Wildman–Crippen MR) is 156 cm³/mol. The molecule has 2 atom stereocenters. The fourth-order valence-corrected chi connectivity index (χ4v) is 5.18. The summed E-state index contributed by atoms with van der Waals surface area (Å²) in [4.78, 5) is 55.9. The van der Waals surface area contributed by atoms with Crippen molar-refractivity contribution in [2.45, 2.75) is 58.7 Å². The normalized spacial score (nSPS) is 16.0. The SMILES string of the molecule is C/C(=C\[C@H](C(C)C)N(C)C(=O)CNC=O)C(=O)N1CCC[C@H]1C(=O)N(CCc1ccccc1)Cc1ccccc1. The van der Waals surface area contributed by atoms with Gasteiger partial charge < -0.3 is 20.0 Å². The number of amides is 4. The average molecular weight is 547 g/mol. The zero-order valence-corrected chi connectivity index (χ0v) is 24.1. The van der Waals surface area contributed by atoms with Crippen LogP contribution >= 0.6 is 0 Å². The summed E-state index contributed by atoms with van der Waals surface area (Å²) in [5.74, 6) is -0.419. The van der Waals surface area contributed by atoms with Crippen LogP contribution in [0.25, 0.3) is 0 Å². The summed E-state index contributed by atoms with van der Waals surface area (Å²) < 4.78 is 0. The van der Waals surface area contributed by atoms with Crippen LogP contribution in [0, 0.1) is 5.92 Å². The number of likely N-dealkylation sites (tertiary alicyclic amines) is 1. The molecule has 2 aromatic carbocycles. The van der Waals surface area contributed by atoms with Crippen molar-refractivity contribution in [2.75, 3.05) is 26.7 Å². The molecule has 3 rings (SSSR count). The lowest BCUT2D eigenvalue weighted by molar-refractivity contribution is -0.142. The Hall–Kier alpha value is -3.94. The summed E-state index contributed by atoms with van der Waals surface area (Å²) in [5.41, 5.74) is 2.71. The third kappa shape index (κ3) is 8.28. The topological polar surface area (TPSA) is 90.0 Å². The van der Waals surface area contributed by atoms with E-state index in [4.69, 9.17) is 0 Å². The van der Waals surface area contributed by atoms with E-state index in [2.05, 4.69) is 17.4 Å². The monoisotopic (exact) mass is 546 g/mol. The number of rotatable bonds is 13. The summed E-state index contributed by atoms with van der Waals surface area (Å²) in [7, 11) is 1.67. The fraction of sp³-hybridized carbons (Fsp3) is 0.438. The van der Waals surface area contributed by atoms with Crippen molar-refractivity contribution in [3.8, 4) is 0 Å². The summed E-state index contributed by atoms with van der Waals surface area (Å²) in [6.45, 7) is 7.16. The van der Waals surface area contributed by atoms with Crippen molar-refractivity contribution in [1.29, 1.82) is 0 Å². The van der Waals surface area contributed by atoms with Gasteiger partial charge in [0.05, 0.1) is 12.6 Å². The molecule has 0 saturated carbocycles. The van der Waals surface area contributed by atoms with E-state index in [1.807, 2.05) is 73.4 Å². The molecule has 1 saturated heterocycles. The van der Waals surface area contributed by atoms with E-state index < -0.39 is 6.04 Å². The number of likely N-dealkylation sites (N-methyl/N-ethyl adjacent to an activating group) is 1. The van der Waals surface area contributed by atoms with Gasteiger partial charge in [0.25, 0.3) is 0 Å². The maximum absolute atomic E-state index is 14.0. The second kappa shape index (κ2) is 15.0. The molecular weight excluding hydrogens is 504 g/mol. The zero-order chi connectivity index (χ0) is 29.1. The molecule has 0 aliphatic carbocycles. The summed E-state index contributed by atoms with van der Waals surface area (Å²) >= 11 is 0. The van der Waals surface area contributed by atoms with Crippen LogP contribution in [0.2, 0.25) is 0 Å². The molecule has 1 heterocycles. The second-order valence-corrected chi connectivity index (χ2v) is 10.7. The molecular formula is C32H42N4O4. The molecule has 1 N–H and O–H groups in total. The third-order valence-corrected chi connectivity index (χ3v) is 7.46. The fourth-order valence-electron chi connectivity index (χ4n) is 5.18. The van der Waals surface area contributed by atoms with Gasteiger partial charge in [-0.1, -0.05) is 80.6 Å². The Morgan fingerprint density at radius 3 is 2.25 bits per heavy atom. The quantitative estimate of drug-likeness (QED) is 0.308. The molecule has 8 nitrogen and oxygen atoms in total. The zero-order valence-electron chi connectivity index (χ0n) is 24.1. The number of carbonyl (C=O) groups excluding carboxylic acids is 4. The van der Waals surface area contributed by atoms with Crippen LogP contribution in [0.15, 0.2) is 72.3 Å². The predicted octanol–water partition coefficient (Wildman–Crippen LogP) is 3.42. The Labute approximate surface area is 238 Å². The minimum Gasteiger partial charge on any atom is -0.350 e. The van der Waals surface area contributed by atoms with E-state index in [9.17, 15) is 19.2 Å². The highest BCUT2D eigenvalue weighted by atomic mass is 16.2. The lowest BCUT2D eigenvalue weighted by Crippen LogP contribution is -2.48. The summed E-state index contributed by atoms with van der Waals surface area (Å²) in [6, 6.07) is 19.2. The van der Waals surface area contributed by atoms with Gasteiger partial charge in [-0.15, -0.1) is 0 Å². The van der Waals surface area contributed by atoms with Gasteiger partial charge in [-0.25, -0.2) is 0 Å². The van der Waals surface area contributed by atoms with Crippen LogP contribution < -0.4 is 5.32 Å². The van der Waals surface area contributed by atoms with E-state index in [-0.39, 0.29) is 36.2 Å². The van der Waals surface area contributed by atoms with Gasteiger partial charge in [0, 0.05) is 32.3 Å². The molecule has 2 aromatic rings. The molecule has 0 bridgehead atoms. The van der Waals surface area contributed by atoms with Crippen molar-refractivity contribution in [1.82, 2.24) is 20.0 Å². The van der Waals surface area contributed by atoms with Crippen molar-refractivity contribution < 1.29 is 19.2 Å². The van der Waals surface area contributed by atoms with Gasteiger partial charge in [0.15, 0.2) is 0 Å². The van der Waals surface area contributed by atoms with Crippen LogP contribution in [0.4, 0.5) is 0 Å². The number of nitrogens with one attached hydrogen (secondary N) is 1. The maximum Gasteiger partial charge on any atom is 0.249 e. The largest absolute Gasteiger partial charge is 0.350 e. The van der Waals surface area contributed by atoms with Crippen molar-refractivity contribution in [3.05, 3.63) is 83.4 Å². The van der Waals surface area contributed by atoms with Crippen LogP contribution in [0.5, 0.6) is 0 Å². The van der Waals surface area contributed by atoms with Gasteiger partial charge in [0.2, 0.25) is 24.1 Å². The smallest absolute Gasteiger partial charge is 0.249 e. The molecule has 8 heteroatoms. The van der Waals surface area contributed by atoms with Crippen LogP contribution in [0.3, 0.4) is 0 Å². The first kappa shape index (κ1) is 30.6. The van der Waals surface area contributed by atoms with E-state index in [0.29, 0.717) is 38.0 Å². The van der Waals surface area contributed by atoms with Crippen LogP contribution in [0.1, 0.15) is 44.7 Å². The van der Waals surface area contributed by atoms with E-state index >= 15 is 0 Å². The summed E-state index contributed by atoms with van der Waals surface area (Å²) in [5, 5.41) is 2.40. The standard InChI is InChI=1S/C32H42N4O4/c1-24(2)29(34(4)30(38)21-33-23-37)20-25(3)31(39)36-18-11-16-28(36)32(40)35(22-27-14-9-6-10-15-27)19-17-26-12-7-5-8-13-26/h5-10,12-15,20,23-24,28-29H,11,16-19,21-22H2,1-4H3,(H,33,37)/b25-20+/t28-,29+/m0/s1. The number of nitrogens with zero attached hydrogens (tertiary/aromatic N) is 3. The second-order valence-electron chi connectivity index (χ2n) is 10.7. The number of hydrogen-bond donors (Lipinski definition) is 1. The van der Waals surface area contributed by atoms with Gasteiger partial charge in [-0.05, 0) is 43.2 Å². The Morgan fingerprint density at radius 1 is 1.02 bits per heavy atom. The number of hydrogen-bond acceptors (Lipinski definition) is 4. The lowest BCUT2D eigenvalue weighted by Gasteiger charge is -2.32. The molecule has 0 spiro atoms. The molecule has 40 heavy (non-hydrogen) atoms. The first-order chi connectivity index (χ1) is 19.2. The highest BCUT2D eigenvalue weighted by molar-refractivity contribution is 5.97. The van der Waals surface area contributed by atoms with Crippen LogP contribution in [-0.2, 0) is 32.1 Å². The van der Waals surface area contributed by atoms with E-state index in [1.54, 1.807) is 23.8 Å². The van der Waals surface area contributed by atoms with Gasteiger partial charge in [-0.2, -0.15) is 0 Å². The Kier molecular flexibility index (Phi) is 11.5. The first-order valence-corrected chi connectivity index (χ1v) is 14.0. The highest BCUT2D eigenvalue weighted by Crippen LogP contribution is 2.24. The molecule has 1 fully saturated rings. The van der Waals surface area contributed by atoms with Crippen molar-refractivity contribution >= 4 is 24.1 Å². The average Bonchev–Trinajstić information content (AvgIpc) is 3.46. The molecule has 0 radical (unpaired) electrons. The third-order valence-electron chi connectivity index (χ3n) is 7.46. The maximum atomic E-state index is 14.0. The molecule has 214 valence electrons. The molecule has 0 aromatic heterocycles.